The van der Waals surface area contributed by atoms with E-state index in [4.69, 9.17) is 11.6 Å². The van der Waals surface area contributed by atoms with Gasteiger partial charge in [-0.05, 0) is 57.5 Å². The number of nitrogens with one attached hydrogen (secondary N) is 1. The van der Waals surface area contributed by atoms with Crippen molar-refractivity contribution in [3.05, 3.63) is 57.9 Å². The Hall–Kier alpha value is -2.11. The van der Waals surface area contributed by atoms with E-state index in [2.05, 4.69) is 9.88 Å². The minimum Gasteiger partial charge on any atom is -0.355 e. The fourth-order valence-corrected chi connectivity index (χ4v) is 3.47. The van der Waals surface area contributed by atoms with Crippen LogP contribution in [0.15, 0.2) is 30.3 Å². The van der Waals surface area contributed by atoms with Crippen molar-refractivity contribution in [2.24, 2.45) is 0 Å². The molecule has 2 aromatic rings. The quantitative estimate of drug-likeness (QED) is 0.616. The zero-order valence-electron chi connectivity index (χ0n) is 17.2. The summed E-state index contributed by atoms with van der Waals surface area (Å²) in [6.07, 6.45) is 0.874. The molecule has 1 heterocycles. The number of hydrogen-bond donors (Lipinski definition) is 1. The van der Waals surface area contributed by atoms with Crippen LogP contribution >= 0.6 is 11.6 Å². The monoisotopic (exact) mass is 403 g/mol. The minimum absolute atomic E-state index is 0.0504. The van der Waals surface area contributed by atoms with Crippen molar-refractivity contribution >= 4 is 23.3 Å². The van der Waals surface area contributed by atoms with E-state index in [0.717, 1.165) is 34.9 Å². The molecule has 152 valence electrons. The number of hydrogen-bond acceptors (Lipinski definition) is 3. The molecule has 1 aromatic carbocycles. The SMILES string of the molecule is CCNC(=O)CN(CC)CC(=O)c1cc(C)n(CCc2ccc(Cl)cc2)c1C. The Kier molecular flexibility index (Phi) is 8.27. The Morgan fingerprint density at radius 3 is 2.39 bits per heavy atom. The number of aromatic nitrogens is 1. The number of aryl methyl sites for hydroxylation is 2. The van der Waals surface area contributed by atoms with Gasteiger partial charge < -0.3 is 9.88 Å². The highest BCUT2D eigenvalue weighted by Crippen LogP contribution is 2.18. The van der Waals surface area contributed by atoms with Gasteiger partial charge in [0.25, 0.3) is 0 Å². The van der Waals surface area contributed by atoms with Gasteiger partial charge in [-0.15, -0.1) is 0 Å². The number of amides is 1. The second-order valence-corrected chi connectivity index (χ2v) is 7.43. The Morgan fingerprint density at radius 1 is 1.11 bits per heavy atom. The lowest BCUT2D eigenvalue weighted by Crippen LogP contribution is -2.39. The summed E-state index contributed by atoms with van der Waals surface area (Å²) in [7, 11) is 0. The topological polar surface area (TPSA) is 54.3 Å². The van der Waals surface area contributed by atoms with Gasteiger partial charge in [0.15, 0.2) is 5.78 Å². The third-order valence-electron chi connectivity index (χ3n) is 4.97. The number of likely N-dealkylation sites (N-methyl/N-ethyl adjacent to an activating group) is 2. The van der Waals surface area contributed by atoms with Crippen LogP contribution in [0.2, 0.25) is 5.02 Å². The number of carbonyl (C=O) groups is 2. The molecule has 1 aromatic heterocycles. The van der Waals surface area contributed by atoms with Crippen LogP contribution in [-0.2, 0) is 17.8 Å². The first-order valence-corrected chi connectivity index (χ1v) is 10.2. The molecule has 0 radical (unpaired) electrons. The molecule has 2 rings (SSSR count). The van der Waals surface area contributed by atoms with Crippen LogP contribution in [0.3, 0.4) is 0 Å². The Morgan fingerprint density at radius 2 is 1.79 bits per heavy atom. The first kappa shape index (κ1) is 22.2. The van der Waals surface area contributed by atoms with Crippen molar-refractivity contribution in [2.45, 2.75) is 40.7 Å². The van der Waals surface area contributed by atoms with E-state index in [0.29, 0.717) is 13.1 Å². The van der Waals surface area contributed by atoms with Crippen LogP contribution in [0, 0.1) is 13.8 Å². The molecule has 0 unspecified atom stereocenters. The van der Waals surface area contributed by atoms with Crippen molar-refractivity contribution in [1.82, 2.24) is 14.8 Å². The highest BCUT2D eigenvalue weighted by atomic mass is 35.5. The molecular weight excluding hydrogens is 374 g/mol. The van der Waals surface area contributed by atoms with E-state index in [1.807, 2.05) is 62.9 Å². The number of carbonyl (C=O) groups excluding carboxylic acids is 2. The largest absolute Gasteiger partial charge is 0.355 e. The van der Waals surface area contributed by atoms with Crippen molar-refractivity contribution in [3.8, 4) is 0 Å². The molecule has 0 saturated heterocycles. The molecule has 0 bridgehead atoms. The third-order valence-corrected chi connectivity index (χ3v) is 5.22. The maximum absolute atomic E-state index is 12.9. The number of benzene rings is 1. The average Bonchev–Trinajstić information content (AvgIpc) is 2.95. The van der Waals surface area contributed by atoms with Gasteiger partial charge in [0.1, 0.15) is 0 Å². The Balaban J connectivity index is 2.05. The third kappa shape index (κ3) is 5.94. The van der Waals surface area contributed by atoms with E-state index in [9.17, 15) is 9.59 Å². The predicted octanol–water partition coefficient (Wildman–Crippen LogP) is 3.64. The summed E-state index contributed by atoms with van der Waals surface area (Å²) in [5.74, 6) is 0.00239. The molecule has 0 spiro atoms. The molecule has 0 aliphatic heterocycles. The average molecular weight is 404 g/mol. The van der Waals surface area contributed by atoms with Gasteiger partial charge in [-0.2, -0.15) is 0 Å². The second-order valence-electron chi connectivity index (χ2n) is 6.99. The van der Waals surface area contributed by atoms with E-state index in [1.54, 1.807) is 0 Å². The zero-order chi connectivity index (χ0) is 20.7. The van der Waals surface area contributed by atoms with Crippen molar-refractivity contribution in [3.63, 3.8) is 0 Å². The number of halogens is 1. The molecule has 1 amide bonds. The standard InChI is InChI=1S/C22H30ClN3O2/c1-5-24-22(28)15-25(6-2)14-21(27)20-13-16(3)26(17(20)4)12-11-18-7-9-19(23)10-8-18/h7-10,13H,5-6,11-12,14-15H2,1-4H3,(H,24,28). The molecule has 6 heteroatoms. The summed E-state index contributed by atoms with van der Waals surface area (Å²) < 4.78 is 2.18. The van der Waals surface area contributed by atoms with Crippen molar-refractivity contribution < 1.29 is 9.59 Å². The first-order valence-electron chi connectivity index (χ1n) is 9.79. The highest BCUT2D eigenvalue weighted by Gasteiger charge is 2.19. The molecule has 28 heavy (non-hydrogen) atoms. The molecule has 0 fully saturated rings. The summed E-state index contributed by atoms with van der Waals surface area (Å²) in [6, 6.07) is 9.82. The number of Topliss-reactive ketones (excluding diaryl/α,β-unsaturated/α-hetero) is 1. The molecule has 0 aliphatic carbocycles. The smallest absolute Gasteiger partial charge is 0.234 e. The van der Waals surface area contributed by atoms with Gasteiger partial charge in [-0.1, -0.05) is 30.7 Å². The maximum Gasteiger partial charge on any atom is 0.234 e. The number of nitrogens with zero attached hydrogens (tertiary/aromatic N) is 2. The van der Waals surface area contributed by atoms with Gasteiger partial charge >= 0.3 is 0 Å². The molecule has 1 N–H and O–H groups in total. The van der Waals surface area contributed by atoms with E-state index in [-0.39, 0.29) is 24.8 Å². The minimum atomic E-state index is -0.0504. The fourth-order valence-electron chi connectivity index (χ4n) is 3.34. The van der Waals surface area contributed by atoms with E-state index in [1.165, 1.54) is 5.56 Å². The van der Waals surface area contributed by atoms with Gasteiger partial charge in [0.05, 0.1) is 13.1 Å². The van der Waals surface area contributed by atoms with Crippen LogP contribution in [0.5, 0.6) is 0 Å². The van der Waals surface area contributed by atoms with Gasteiger partial charge in [0.2, 0.25) is 5.91 Å². The predicted molar refractivity (Wildman–Crippen MR) is 114 cm³/mol. The van der Waals surface area contributed by atoms with Crippen molar-refractivity contribution in [1.29, 1.82) is 0 Å². The van der Waals surface area contributed by atoms with Crippen molar-refractivity contribution in [2.75, 3.05) is 26.2 Å². The summed E-state index contributed by atoms with van der Waals surface area (Å²) in [4.78, 5) is 26.5. The summed E-state index contributed by atoms with van der Waals surface area (Å²) in [5, 5.41) is 3.51. The Labute approximate surface area is 172 Å². The number of rotatable bonds is 10. The van der Waals surface area contributed by atoms with Crippen LogP contribution in [0.25, 0.3) is 0 Å². The molecule has 0 atom stereocenters. The van der Waals surface area contributed by atoms with Gasteiger partial charge in [0, 0.05) is 35.1 Å². The summed E-state index contributed by atoms with van der Waals surface area (Å²) >= 11 is 5.95. The van der Waals surface area contributed by atoms with Gasteiger partial charge in [-0.3, -0.25) is 14.5 Å². The Bertz CT molecular complexity index is 812. The lowest BCUT2D eigenvalue weighted by molar-refractivity contribution is -0.121. The molecular formula is C22H30ClN3O2. The van der Waals surface area contributed by atoms with E-state index >= 15 is 0 Å². The lowest BCUT2D eigenvalue weighted by Gasteiger charge is -2.18. The van der Waals surface area contributed by atoms with E-state index < -0.39 is 0 Å². The zero-order valence-corrected chi connectivity index (χ0v) is 18.0. The van der Waals surface area contributed by atoms with Crippen LogP contribution < -0.4 is 5.32 Å². The highest BCUT2D eigenvalue weighted by molar-refractivity contribution is 6.30. The second kappa shape index (κ2) is 10.4. The summed E-state index contributed by atoms with van der Waals surface area (Å²) in [5.41, 5.74) is 4.00. The number of ketones is 1. The maximum atomic E-state index is 12.9. The molecule has 5 nitrogen and oxygen atoms in total. The summed E-state index contributed by atoms with van der Waals surface area (Å²) in [6.45, 7) is 10.4. The lowest BCUT2D eigenvalue weighted by atomic mass is 10.1. The first-order chi connectivity index (χ1) is 13.3. The molecule has 0 aliphatic rings. The molecule has 0 saturated carbocycles. The normalized spacial score (nSPS) is 11.1. The van der Waals surface area contributed by atoms with Crippen LogP contribution in [0.1, 0.15) is 41.2 Å². The van der Waals surface area contributed by atoms with Crippen LogP contribution in [-0.4, -0.2) is 47.3 Å². The fraction of sp³-hybridized carbons (Fsp3) is 0.455. The van der Waals surface area contributed by atoms with Gasteiger partial charge in [-0.25, -0.2) is 0 Å². The van der Waals surface area contributed by atoms with Crippen LogP contribution in [0.4, 0.5) is 0 Å².